The van der Waals surface area contributed by atoms with E-state index in [1.165, 1.54) is 6.08 Å². The second kappa shape index (κ2) is 11.7. The zero-order chi connectivity index (χ0) is 19.4. The molecule has 1 aliphatic rings. The van der Waals surface area contributed by atoms with E-state index in [1.54, 1.807) is 11.8 Å². The van der Waals surface area contributed by atoms with Crippen molar-refractivity contribution in [3.63, 3.8) is 0 Å². The Morgan fingerprint density at radius 2 is 1.73 bits per heavy atom. The highest BCUT2D eigenvalue weighted by atomic mass is 32.2. The van der Waals surface area contributed by atoms with Gasteiger partial charge in [-0.2, -0.15) is 0 Å². The first-order valence-corrected chi connectivity index (χ1v) is 10.8. The van der Waals surface area contributed by atoms with Crippen LogP contribution < -0.4 is 5.32 Å². The fourth-order valence-electron chi connectivity index (χ4n) is 2.56. The summed E-state index contributed by atoms with van der Waals surface area (Å²) in [5.74, 6) is 0.367. The maximum Gasteiger partial charge on any atom is 0.317 e. The van der Waals surface area contributed by atoms with Crippen LogP contribution in [-0.4, -0.2) is 51.4 Å². The second-order valence-electron chi connectivity index (χ2n) is 6.46. The van der Waals surface area contributed by atoms with Gasteiger partial charge < -0.3 is 10.2 Å². The molecule has 2 amide bonds. The number of halogens is 1. The first-order valence-electron chi connectivity index (χ1n) is 8.81. The minimum atomic E-state index is -3.17. The van der Waals surface area contributed by atoms with Crippen molar-refractivity contribution in [2.45, 2.75) is 32.2 Å². The number of likely N-dealkylation sites (tertiary alicyclic amines) is 1. The summed E-state index contributed by atoms with van der Waals surface area (Å²) >= 11 is 0. The molecule has 2 rings (SSSR count). The summed E-state index contributed by atoms with van der Waals surface area (Å²) in [5.41, 5.74) is 0. The summed E-state index contributed by atoms with van der Waals surface area (Å²) in [7, 11) is -3.17. The number of urea groups is 1. The molecule has 1 fully saturated rings. The topological polar surface area (TPSA) is 66.5 Å². The molecule has 5 nitrogen and oxygen atoms in total. The number of piperidine rings is 1. The number of sulfone groups is 1. The molecule has 0 unspecified atom stereocenters. The van der Waals surface area contributed by atoms with Crippen molar-refractivity contribution in [1.82, 2.24) is 10.2 Å². The molecule has 7 heteroatoms. The molecule has 1 heterocycles. The maximum absolute atomic E-state index is 12.2. The lowest BCUT2D eigenvalue weighted by atomic mass is 9.94. The summed E-state index contributed by atoms with van der Waals surface area (Å²) in [4.78, 5) is 13.6. The van der Waals surface area contributed by atoms with E-state index in [1.807, 2.05) is 36.4 Å². The Balaban J connectivity index is 0.000000817. The largest absolute Gasteiger partial charge is 0.332 e. The van der Waals surface area contributed by atoms with E-state index in [9.17, 15) is 17.6 Å². The van der Waals surface area contributed by atoms with Crippen LogP contribution in [0, 0.1) is 5.92 Å². The highest BCUT2D eigenvalue weighted by Crippen LogP contribution is 2.20. The van der Waals surface area contributed by atoms with Crippen molar-refractivity contribution in [1.29, 1.82) is 0 Å². The van der Waals surface area contributed by atoms with Gasteiger partial charge in [-0.25, -0.2) is 13.2 Å². The third-order valence-electron chi connectivity index (χ3n) is 4.05. The second-order valence-corrected chi connectivity index (χ2v) is 8.39. The number of benzene rings is 1. The SMILES string of the molecule is C[C@@H](/C=C/S(C)(=O)=O)NC(=O)N1CCC(CCF)CC1.[HH].c1ccccc1. The van der Waals surface area contributed by atoms with Crippen LogP contribution in [0.4, 0.5) is 9.18 Å². The minimum absolute atomic E-state index is 0. The number of alkyl halides is 1. The average molecular weight is 387 g/mol. The fourth-order valence-corrected chi connectivity index (χ4v) is 3.08. The molecule has 0 aromatic heterocycles. The van der Waals surface area contributed by atoms with Gasteiger partial charge in [-0.05, 0) is 32.1 Å². The zero-order valence-corrected chi connectivity index (χ0v) is 16.3. The predicted molar refractivity (Wildman–Crippen MR) is 105 cm³/mol. The van der Waals surface area contributed by atoms with Gasteiger partial charge in [0.2, 0.25) is 0 Å². The van der Waals surface area contributed by atoms with Gasteiger partial charge in [0.1, 0.15) is 0 Å². The van der Waals surface area contributed by atoms with E-state index < -0.39 is 9.84 Å². The van der Waals surface area contributed by atoms with Crippen LogP contribution in [-0.2, 0) is 9.84 Å². The number of rotatable bonds is 5. The average Bonchev–Trinajstić information content (AvgIpc) is 2.62. The van der Waals surface area contributed by atoms with Gasteiger partial charge in [-0.3, -0.25) is 4.39 Å². The molecule has 1 aromatic carbocycles. The zero-order valence-electron chi connectivity index (χ0n) is 15.5. The van der Waals surface area contributed by atoms with Crippen LogP contribution in [0.15, 0.2) is 47.9 Å². The summed E-state index contributed by atoms with van der Waals surface area (Å²) < 4.78 is 34.2. The lowest BCUT2D eigenvalue weighted by Crippen LogP contribution is -2.46. The lowest BCUT2D eigenvalue weighted by Gasteiger charge is -2.32. The number of carbonyl (C=O) groups excluding carboxylic acids is 1. The Bertz CT molecular complexity index is 621. The van der Waals surface area contributed by atoms with Gasteiger partial charge in [0.15, 0.2) is 9.84 Å². The predicted octanol–water partition coefficient (Wildman–Crippen LogP) is 3.65. The molecule has 1 saturated heterocycles. The third kappa shape index (κ3) is 10.2. The van der Waals surface area contributed by atoms with Crippen molar-refractivity contribution >= 4 is 15.9 Å². The van der Waals surface area contributed by atoms with Gasteiger partial charge in [0.25, 0.3) is 0 Å². The first-order chi connectivity index (χ1) is 12.3. The van der Waals surface area contributed by atoms with E-state index >= 15 is 0 Å². The Morgan fingerprint density at radius 1 is 1.23 bits per heavy atom. The summed E-state index contributed by atoms with van der Waals surface area (Å²) in [6.45, 7) is 2.66. The van der Waals surface area contributed by atoms with E-state index in [0.29, 0.717) is 25.4 Å². The van der Waals surface area contributed by atoms with Crippen molar-refractivity contribution in [2.75, 3.05) is 26.0 Å². The monoisotopic (exact) mass is 386 g/mol. The van der Waals surface area contributed by atoms with Crippen LogP contribution in [0.5, 0.6) is 0 Å². The molecular weight excluding hydrogens is 355 g/mol. The minimum Gasteiger partial charge on any atom is -0.332 e. The van der Waals surface area contributed by atoms with Crippen molar-refractivity contribution in [3.8, 4) is 0 Å². The van der Waals surface area contributed by atoms with Crippen LogP contribution in [0.3, 0.4) is 0 Å². The van der Waals surface area contributed by atoms with E-state index in [-0.39, 0.29) is 20.2 Å². The summed E-state index contributed by atoms with van der Waals surface area (Å²) in [5, 5.41) is 3.82. The molecule has 0 saturated carbocycles. The number of nitrogens with one attached hydrogen (secondary N) is 1. The van der Waals surface area contributed by atoms with Gasteiger partial charge in [0.05, 0.1) is 6.67 Å². The Kier molecular flexibility index (Phi) is 9.95. The molecule has 148 valence electrons. The molecule has 1 N–H and O–H groups in total. The quantitative estimate of drug-likeness (QED) is 0.840. The number of hydrogen-bond acceptors (Lipinski definition) is 3. The van der Waals surface area contributed by atoms with Crippen LogP contribution >= 0.6 is 0 Å². The highest BCUT2D eigenvalue weighted by molar-refractivity contribution is 7.93. The Labute approximate surface area is 157 Å². The van der Waals surface area contributed by atoms with Gasteiger partial charge in [-0.1, -0.05) is 42.5 Å². The van der Waals surface area contributed by atoms with Gasteiger partial charge in [0, 0.05) is 32.2 Å². The molecule has 1 aliphatic heterocycles. The Hall–Kier alpha value is -1.89. The van der Waals surface area contributed by atoms with Crippen molar-refractivity contribution in [2.24, 2.45) is 5.92 Å². The van der Waals surface area contributed by atoms with Crippen LogP contribution in [0.25, 0.3) is 0 Å². The van der Waals surface area contributed by atoms with E-state index in [4.69, 9.17) is 0 Å². The number of nitrogens with zero attached hydrogens (tertiary/aromatic N) is 1. The number of carbonyl (C=O) groups is 1. The van der Waals surface area contributed by atoms with Crippen molar-refractivity contribution < 1.29 is 19.0 Å². The van der Waals surface area contributed by atoms with Gasteiger partial charge in [-0.15, -0.1) is 0 Å². The fraction of sp³-hybridized carbons (Fsp3) is 0.526. The van der Waals surface area contributed by atoms with Crippen LogP contribution in [0.2, 0.25) is 0 Å². The Morgan fingerprint density at radius 3 is 2.15 bits per heavy atom. The number of hydrogen-bond donors (Lipinski definition) is 1. The van der Waals surface area contributed by atoms with Crippen LogP contribution in [0.1, 0.15) is 27.6 Å². The number of amides is 2. The van der Waals surface area contributed by atoms with E-state index in [0.717, 1.165) is 24.5 Å². The van der Waals surface area contributed by atoms with Gasteiger partial charge >= 0.3 is 6.03 Å². The molecule has 0 aliphatic carbocycles. The first kappa shape index (κ1) is 22.2. The highest BCUT2D eigenvalue weighted by Gasteiger charge is 2.22. The smallest absolute Gasteiger partial charge is 0.317 e. The molecular formula is C19H31FN2O3S. The summed E-state index contributed by atoms with van der Waals surface area (Å²) in [6, 6.07) is 11.5. The molecule has 1 atom stereocenters. The maximum atomic E-state index is 12.2. The molecule has 1 aromatic rings. The summed E-state index contributed by atoms with van der Waals surface area (Å²) in [6.07, 6.45) is 4.77. The third-order valence-corrected chi connectivity index (χ3v) is 4.70. The normalized spacial score (nSPS) is 16.7. The van der Waals surface area contributed by atoms with E-state index in [2.05, 4.69) is 5.32 Å². The molecule has 26 heavy (non-hydrogen) atoms. The molecule has 0 bridgehead atoms. The lowest BCUT2D eigenvalue weighted by molar-refractivity contribution is 0.164. The standard InChI is InChI=1S/C13H23FN2O3S.C6H6.H2/c1-11(6-10-20(2,18)19)15-13(17)16-8-4-12(3-7-14)5-9-16;1-2-4-6-5-3-1;/h6,10-12H,3-5,7-9H2,1-2H3,(H,15,17);1-6H;1H/b10-6+;;/t11-;;/m0../s1. The molecule has 0 spiro atoms. The van der Waals surface area contributed by atoms with Crippen molar-refractivity contribution in [3.05, 3.63) is 47.9 Å². The molecule has 0 radical (unpaired) electrons.